The second kappa shape index (κ2) is 9.85. The molecular weight excluding hydrogens is 384 g/mol. The summed E-state index contributed by atoms with van der Waals surface area (Å²) in [4.78, 5) is 0. The van der Waals surface area contributed by atoms with Crippen LogP contribution < -0.4 is 32.3 Å². The van der Waals surface area contributed by atoms with E-state index in [-0.39, 0.29) is 5.11 Å². The van der Waals surface area contributed by atoms with Crippen LogP contribution in [-0.2, 0) is 0 Å². The molecule has 0 radical (unpaired) electrons. The zero-order valence-corrected chi connectivity index (χ0v) is 16.8. The average molecular weight is 405 g/mol. The van der Waals surface area contributed by atoms with Gasteiger partial charge in [-0.2, -0.15) is 0 Å². The SMILES string of the molecule is Cc1cccc(NC(=S)NNC(=S)NNC(=S)Nc2cccc(C)c2)c1. The fourth-order valence-corrected chi connectivity index (χ4v) is 2.47. The molecule has 0 fully saturated rings. The van der Waals surface area contributed by atoms with Crippen molar-refractivity contribution in [3.05, 3.63) is 59.7 Å². The van der Waals surface area contributed by atoms with Gasteiger partial charge < -0.3 is 10.6 Å². The van der Waals surface area contributed by atoms with Crippen LogP contribution in [0.1, 0.15) is 11.1 Å². The van der Waals surface area contributed by atoms with Gasteiger partial charge >= 0.3 is 0 Å². The lowest BCUT2D eigenvalue weighted by atomic mass is 10.2. The van der Waals surface area contributed by atoms with Gasteiger partial charge in [-0.1, -0.05) is 24.3 Å². The maximum absolute atomic E-state index is 5.20. The van der Waals surface area contributed by atoms with E-state index in [1.807, 2.05) is 62.4 Å². The Hall–Kier alpha value is -2.49. The minimum Gasteiger partial charge on any atom is -0.331 e. The number of thiocarbonyl (C=S) groups is 3. The molecule has 0 aliphatic carbocycles. The van der Waals surface area contributed by atoms with Gasteiger partial charge in [0.15, 0.2) is 10.2 Å². The highest BCUT2D eigenvalue weighted by Gasteiger charge is 2.01. The Labute approximate surface area is 169 Å². The molecule has 6 nitrogen and oxygen atoms in total. The summed E-state index contributed by atoms with van der Waals surface area (Å²) in [6, 6.07) is 15.8. The molecule has 0 heterocycles. The fourth-order valence-electron chi connectivity index (χ4n) is 2.03. The predicted octanol–water partition coefficient (Wildman–Crippen LogP) is 2.87. The van der Waals surface area contributed by atoms with Crippen molar-refractivity contribution >= 4 is 63.4 Å². The van der Waals surface area contributed by atoms with Gasteiger partial charge in [0.05, 0.1) is 0 Å². The molecule has 6 N–H and O–H groups in total. The third-order valence-corrected chi connectivity index (χ3v) is 3.74. The van der Waals surface area contributed by atoms with Crippen molar-refractivity contribution in [1.82, 2.24) is 21.7 Å². The summed E-state index contributed by atoms with van der Waals surface area (Å²) in [5, 5.41) is 7.17. The lowest BCUT2D eigenvalue weighted by Crippen LogP contribution is -2.53. The second-order valence-electron chi connectivity index (χ2n) is 5.48. The molecule has 0 saturated carbocycles. The first-order valence-corrected chi connectivity index (χ1v) is 8.98. The molecule has 26 heavy (non-hydrogen) atoms. The van der Waals surface area contributed by atoms with Gasteiger partial charge in [-0.05, 0) is 85.9 Å². The van der Waals surface area contributed by atoms with Gasteiger partial charge in [0.2, 0.25) is 5.11 Å². The Bertz CT molecular complexity index is 743. The second-order valence-corrected chi connectivity index (χ2v) is 6.70. The van der Waals surface area contributed by atoms with Crippen molar-refractivity contribution < 1.29 is 0 Å². The first-order chi connectivity index (χ1) is 12.4. The van der Waals surface area contributed by atoms with E-state index >= 15 is 0 Å². The molecular formula is C17H20N6S3. The van der Waals surface area contributed by atoms with Crippen molar-refractivity contribution in [3.8, 4) is 0 Å². The third-order valence-electron chi connectivity index (χ3n) is 3.13. The van der Waals surface area contributed by atoms with Gasteiger partial charge in [-0.25, -0.2) is 0 Å². The van der Waals surface area contributed by atoms with Crippen LogP contribution in [0.2, 0.25) is 0 Å². The van der Waals surface area contributed by atoms with Crippen LogP contribution >= 0.6 is 36.7 Å². The summed E-state index contributed by atoms with van der Waals surface area (Å²) in [5.41, 5.74) is 15.2. The van der Waals surface area contributed by atoms with E-state index in [1.54, 1.807) is 0 Å². The monoisotopic (exact) mass is 404 g/mol. The minimum absolute atomic E-state index is 0.284. The van der Waals surface area contributed by atoms with Gasteiger partial charge in [0, 0.05) is 11.4 Å². The summed E-state index contributed by atoms with van der Waals surface area (Å²) in [6.45, 7) is 4.02. The number of anilines is 2. The van der Waals surface area contributed by atoms with Crippen LogP contribution in [0.3, 0.4) is 0 Å². The molecule has 0 bridgehead atoms. The standard InChI is InChI=1S/C17H20N6S3/c1-11-5-3-7-13(9-11)18-15(24)20-22-17(26)23-21-16(25)19-14-8-4-6-12(2)10-14/h3-10H,1-2H3,(H2,18,20,24)(H2,19,21,25)(H2,22,23,26). The molecule has 0 spiro atoms. The minimum atomic E-state index is 0.284. The molecule has 136 valence electrons. The third kappa shape index (κ3) is 7.18. The number of rotatable bonds is 2. The van der Waals surface area contributed by atoms with E-state index in [0.29, 0.717) is 10.2 Å². The molecule has 0 aliphatic heterocycles. The summed E-state index contributed by atoms with van der Waals surface area (Å²) in [6.07, 6.45) is 0. The number of aryl methyl sites for hydroxylation is 2. The first-order valence-electron chi connectivity index (χ1n) is 7.76. The molecule has 0 aliphatic rings. The number of nitrogens with one attached hydrogen (secondary N) is 6. The van der Waals surface area contributed by atoms with Crippen molar-refractivity contribution in [2.24, 2.45) is 0 Å². The molecule has 0 amide bonds. The zero-order chi connectivity index (χ0) is 18.9. The quantitative estimate of drug-likeness (QED) is 0.335. The zero-order valence-electron chi connectivity index (χ0n) is 14.3. The van der Waals surface area contributed by atoms with Gasteiger partial charge in [0.1, 0.15) is 0 Å². The number of hydrogen-bond acceptors (Lipinski definition) is 3. The van der Waals surface area contributed by atoms with Crippen LogP contribution in [0.5, 0.6) is 0 Å². The summed E-state index contributed by atoms with van der Waals surface area (Å²) < 4.78 is 0. The van der Waals surface area contributed by atoms with Crippen molar-refractivity contribution in [1.29, 1.82) is 0 Å². The Morgan fingerprint density at radius 3 is 1.38 bits per heavy atom. The van der Waals surface area contributed by atoms with Crippen molar-refractivity contribution in [2.45, 2.75) is 13.8 Å². The van der Waals surface area contributed by atoms with Crippen LogP contribution in [0.25, 0.3) is 0 Å². The molecule has 2 aromatic carbocycles. The van der Waals surface area contributed by atoms with Crippen molar-refractivity contribution in [2.75, 3.05) is 10.6 Å². The number of hydrogen-bond donors (Lipinski definition) is 6. The normalized spacial score (nSPS) is 9.62. The van der Waals surface area contributed by atoms with E-state index in [4.69, 9.17) is 36.7 Å². The van der Waals surface area contributed by atoms with Gasteiger partial charge in [-0.15, -0.1) is 0 Å². The Morgan fingerprint density at radius 2 is 1.00 bits per heavy atom. The molecule has 0 saturated heterocycles. The van der Waals surface area contributed by atoms with Crippen LogP contribution in [-0.4, -0.2) is 15.3 Å². The average Bonchev–Trinajstić information content (AvgIpc) is 2.58. The maximum Gasteiger partial charge on any atom is 0.204 e. The van der Waals surface area contributed by atoms with Gasteiger partial charge in [0.25, 0.3) is 0 Å². The van der Waals surface area contributed by atoms with Crippen LogP contribution in [0.15, 0.2) is 48.5 Å². The predicted molar refractivity (Wildman–Crippen MR) is 120 cm³/mol. The Kier molecular flexibility index (Phi) is 7.52. The molecule has 9 heteroatoms. The number of hydrazine groups is 2. The number of benzene rings is 2. The molecule has 0 atom stereocenters. The largest absolute Gasteiger partial charge is 0.331 e. The molecule has 2 rings (SSSR count). The molecule has 2 aromatic rings. The smallest absolute Gasteiger partial charge is 0.204 e. The highest BCUT2D eigenvalue weighted by molar-refractivity contribution is 7.81. The van der Waals surface area contributed by atoms with Crippen molar-refractivity contribution in [3.63, 3.8) is 0 Å². The first kappa shape index (κ1) is 19.8. The van der Waals surface area contributed by atoms with Crippen LogP contribution in [0.4, 0.5) is 11.4 Å². The Morgan fingerprint density at radius 1 is 0.615 bits per heavy atom. The fraction of sp³-hybridized carbons (Fsp3) is 0.118. The topological polar surface area (TPSA) is 72.2 Å². The van der Waals surface area contributed by atoms with E-state index in [1.165, 1.54) is 0 Å². The molecule has 0 aromatic heterocycles. The van der Waals surface area contributed by atoms with Gasteiger partial charge in [-0.3, -0.25) is 21.7 Å². The van der Waals surface area contributed by atoms with E-state index in [0.717, 1.165) is 22.5 Å². The summed E-state index contributed by atoms with van der Waals surface area (Å²) >= 11 is 15.5. The lowest BCUT2D eigenvalue weighted by molar-refractivity contribution is 0.788. The van der Waals surface area contributed by atoms with E-state index < -0.39 is 0 Å². The van der Waals surface area contributed by atoms with E-state index in [2.05, 4.69) is 32.3 Å². The van der Waals surface area contributed by atoms with E-state index in [9.17, 15) is 0 Å². The summed E-state index contributed by atoms with van der Waals surface area (Å²) in [5.74, 6) is 0. The lowest BCUT2D eigenvalue weighted by Gasteiger charge is -2.16. The van der Waals surface area contributed by atoms with Crippen LogP contribution in [0, 0.1) is 13.8 Å². The summed E-state index contributed by atoms with van der Waals surface area (Å²) in [7, 11) is 0. The maximum atomic E-state index is 5.20. The molecule has 0 unspecified atom stereocenters. The highest BCUT2D eigenvalue weighted by Crippen LogP contribution is 2.09. The Balaban J connectivity index is 1.68. The highest BCUT2D eigenvalue weighted by atomic mass is 32.1.